The molecule has 1 aromatic heterocycles. The van der Waals surface area contributed by atoms with E-state index in [1.165, 1.54) is 27.1 Å². The summed E-state index contributed by atoms with van der Waals surface area (Å²) < 4.78 is 12.4. The summed E-state index contributed by atoms with van der Waals surface area (Å²) >= 11 is 0. The van der Waals surface area contributed by atoms with Crippen LogP contribution in [0.5, 0.6) is 0 Å². The molecule has 0 fully saturated rings. The third-order valence-electron chi connectivity index (χ3n) is 7.72. The minimum absolute atomic E-state index is 0.385. The Labute approximate surface area is 211 Å². The van der Waals surface area contributed by atoms with Gasteiger partial charge in [-0.2, -0.15) is 0 Å². The van der Waals surface area contributed by atoms with Crippen LogP contribution in [0.2, 0.25) is 0 Å². The number of hydrogen-bond donors (Lipinski definition) is 1. The number of hydrogen-bond acceptors (Lipinski definition) is 3. The van der Waals surface area contributed by atoms with Gasteiger partial charge in [-0.3, -0.25) is 0 Å². The molecule has 0 saturated carbocycles. The second-order valence-electron chi connectivity index (χ2n) is 10.7. The van der Waals surface area contributed by atoms with E-state index in [-0.39, 0.29) is 0 Å². The molecule has 0 amide bonds. The highest BCUT2D eigenvalue weighted by molar-refractivity contribution is 6.52. The first kappa shape index (κ1) is 22.8. The number of benzene rings is 5. The Balaban J connectivity index is 1.44. The van der Waals surface area contributed by atoms with Gasteiger partial charge in [0.15, 0.2) is 0 Å². The summed E-state index contributed by atoms with van der Waals surface area (Å²) in [7, 11) is 0.385. The number of rotatable bonds is 5. The van der Waals surface area contributed by atoms with Crippen LogP contribution in [0, 0.1) is 0 Å². The van der Waals surface area contributed by atoms with Crippen LogP contribution in [0.25, 0.3) is 54.6 Å². The third kappa shape index (κ3) is 3.78. The minimum Gasteiger partial charge on any atom is -0.456 e. The molecule has 0 aliphatic carbocycles. The monoisotopic (exact) mass is 472 g/mol. The highest BCUT2D eigenvalue weighted by Crippen LogP contribution is 2.34. The Bertz CT molecular complexity index is 1750. The van der Waals surface area contributed by atoms with E-state index in [4.69, 9.17) is 9.07 Å². The van der Waals surface area contributed by atoms with Crippen LogP contribution >= 0.6 is 0 Å². The Kier molecular flexibility index (Phi) is 5.22. The first-order chi connectivity index (χ1) is 17.2. The average molecular weight is 472 g/mol. The molecule has 0 radical (unpaired) electrons. The molecule has 6 aromatic rings. The van der Waals surface area contributed by atoms with Crippen molar-refractivity contribution in [1.29, 1.82) is 0 Å². The molecule has 0 saturated heterocycles. The standard InChI is InChI=1S/C32H29BO3/c1-31(2,34)32(3,4)36-33-27-10-7-11-29-30(27)26-19-22(15-17-28(26)35-29)21-14-16-25-23(18-21)13-12-20-8-5-6-9-24(20)25/h5-19,33-34H,1-4H3. The molecule has 1 heterocycles. The summed E-state index contributed by atoms with van der Waals surface area (Å²) in [6.45, 7) is 7.39. The van der Waals surface area contributed by atoms with E-state index in [1.807, 2.05) is 26.0 Å². The van der Waals surface area contributed by atoms with Crippen LogP contribution < -0.4 is 5.46 Å². The molecule has 1 N–H and O–H groups in total. The second kappa shape index (κ2) is 8.23. The van der Waals surface area contributed by atoms with Crippen LogP contribution in [0.4, 0.5) is 0 Å². The highest BCUT2D eigenvalue weighted by Gasteiger charge is 2.35. The smallest absolute Gasteiger partial charge is 0.310 e. The summed E-state index contributed by atoms with van der Waals surface area (Å²) in [6, 6.07) is 32.1. The SMILES string of the molecule is CC(C)(O)C(C)(C)OBc1cccc2oc3ccc(-c4ccc5c(ccc6ccccc65)c4)cc3c12. The first-order valence-corrected chi connectivity index (χ1v) is 12.4. The Morgan fingerprint density at radius 3 is 2.22 bits per heavy atom. The van der Waals surface area contributed by atoms with Crippen molar-refractivity contribution in [3.63, 3.8) is 0 Å². The van der Waals surface area contributed by atoms with Crippen molar-refractivity contribution < 1.29 is 14.2 Å². The van der Waals surface area contributed by atoms with Gasteiger partial charge in [0.25, 0.3) is 0 Å². The molecule has 178 valence electrons. The molecule has 4 heteroatoms. The third-order valence-corrected chi connectivity index (χ3v) is 7.72. The average Bonchev–Trinajstić information content (AvgIpc) is 3.25. The lowest BCUT2D eigenvalue weighted by Crippen LogP contribution is -2.49. The van der Waals surface area contributed by atoms with E-state index in [1.54, 1.807) is 13.8 Å². The lowest BCUT2D eigenvalue weighted by Gasteiger charge is -2.37. The van der Waals surface area contributed by atoms with Crippen molar-refractivity contribution in [1.82, 2.24) is 0 Å². The summed E-state index contributed by atoms with van der Waals surface area (Å²) in [6.07, 6.45) is 0. The van der Waals surface area contributed by atoms with Gasteiger partial charge in [-0.1, -0.05) is 66.7 Å². The molecule has 6 rings (SSSR count). The molecule has 36 heavy (non-hydrogen) atoms. The summed E-state index contributed by atoms with van der Waals surface area (Å²) in [4.78, 5) is 0. The van der Waals surface area contributed by atoms with Crippen molar-refractivity contribution in [3.8, 4) is 11.1 Å². The Morgan fingerprint density at radius 1 is 0.667 bits per heavy atom. The fourth-order valence-electron chi connectivity index (χ4n) is 4.83. The number of furan rings is 1. The van der Waals surface area contributed by atoms with Gasteiger partial charge in [-0.15, -0.1) is 0 Å². The zero-order valence-electron chi connectivity index (χ0n) is 21.1. The van der Waals surface area contributed by atoms with Gasteiger partial charge in [-0.25, -0.2) is 0 Å². The molecule has 0 aliphatic rings. The first-order valence-electron chi connectivity index (χ1n) is 12.4. The topological polar surface area (TPSA) is 42.6 Å². The molecule has 0 spiro atoms. The predicted molar refractivity (Wildman–Crippen MR) is 152 cm³/mol. The van der Waals surface area contributed by atoms with Gasteiger partial charge in [0.05, 0.1) is 11.2 Å². The van der Waals surface area contributed by atoms with E-state index in [0.717, 1.165) is 33.0 Å². The van der Waals surface area contributed by atoms with E-state index in [2.05, 4.69) is 78.9 Å². The van der Waals surface area contributed by atoms with E-state index in [0.29, 0.717) is 7.48 Å². The van der Waals surface area contributed by atoms with Crippen molar-refractivity contribution >= 4 is 56.4 Å². The summed E-state index contributed by atoms with van der Waals surface area (Å²) in [5.41, 5.74) is 3.40. The maximum atomic E-state index is 10.5. The molecule has 0 aliphatic heterocycles. The van der Waals surface area contributed by atoms with Crippen molar-refractivity contribution in [2.75, 3.05) is 0 Å². The van der Waals surface area contributed by atoms with Crippen LogP contribution in [-0.2, 0) is 4.65 Å². The molecular formula is C32H29BO3. The second-order valence-corrected chi connectivity index (χ2v) is 10.7. The maximum absolute atomic E-state index is 10.5. The molecule has 3 nitrogen and oxygen atoms in total. The van der Waals surface area contributed by atoms with Gasteiger partial charge in [0, 0.05) is 10.8 Å². The zero-order valence-corrected chi connectivity index (χ0v) is 21.1. The lowest BCUT2D eigenvalue weighted by molar-refractivity contribution is -0.0893. The minimum atomic E-state index is -0.964. The largest absolute Gasteiger partial charge is 0.456 e. The van der Waals surface area contributed by atoms with Gasteiger partial charge in [-0.05, 0) is 90.1 Å². The van der Waals surface area contributed by atoms with E-state index < -0.39 is 11.2 Å². The zero-order chi connectivity index (χ0) is 25.1. The van der Waals surface area contributed by atoms with Crippen molar-refractivity contribution in [2.45, 2.75) is 38.9 Å². The normalized spacial score (nSPS) is 12.7. The fourth-order valence-corrected chi connectivity index (χ4v) is 4.83. The maximum Gasteiger partial charge on any atom is 0.310 e. The quantitative estimate of drug-likeness (QED) is 0.215. The summed E-state index contributed by atoms with van der Waals surface area (Å²) in [5.74, 6) is 0. The van der Waals surface area contributed by atoms with Crippen LogP contribution in [0.3, 0.4) is 0 Å². The van der Waals surface area contributed by atoms with Crippen LogP contribution in [-0.4, -0.2) is 23.8 Å². The van der Waals surface area contributed by atoms with E-state index in [9.17, 15) is 5.11 Å². The van der Waals surface area contributed by atoms with Gasteiger partial charge >= 0.3 is 7.48 Å². The predicted octanol–water partition coefficient (Wildman–Crippen LogP) is 7.10. The van der Waals surface area contributed by atoms with Crippen LogP contribution in [0.1, 0.15) is 27.7 Å². The number of fused-ring (bicyclic) bond motifs is 6. The van der Waals surface area contributed by atoms with Gasteiger partial charge in [0.1, 0.15) is 11.2 Å². The van der Waals surface area contributed by atoms with Gasteiger partial charge in [0.2, 0.25) is 0 Å². The highest BCUT2D eigenvalue weighted by atomic mass is 16.5. The fraction of sp³-hybridized carbons (Fsp3) is 0.188. The molecule has 5 aromatic carbocycles. The number of aliphatic hydroxyl groups is 1. The lowest BCUT2D eigenvalue weighted by atomic mass is 9.80. The van der Waals surface area contributed by atoms with Gasteiger partial charge < -0.3 is 14.2 Å². The van der Waals surface area contributed by atoms with E-state index >= 15 is 0 Å². The molecular weight excluding hydrogens is 443 g/mol. The Hall–Kier alpha value is -3.60. The van der Waals surface area contributed by atoms with Crippen molar-refractivity contribution in [2.24, 2.45) is 0 Å². The van der Waals surface area contributed by atoms with Crippen molar-refractivity contribution in [3.05, 3.63) is 91.0 Å². The molecule has 0 bridgehead atoms. The summed E-state index contributed by atoms with van der Waals surface area (Å²) in [5, 5.41) is 17.7. The molecule has 0 unspecified atom stereocenters. The molecule has 0 atom stereocenters. The van der Waals surface area contributed by atoms with Crippen LogP contribution in [0.15, 0.2) is 95.4 Å². The Morgan fingerprint density at radius 2 is 1.39 bits per heavy atom.